The molecule has 0 bridgehead atoms. The Kier molecular flexibility index (Phi) is 3.17. The van der Waals surface area contributed by atoms with Gasteiger partial charge in [-0.05, 0) is 18.2 Å². The molecular formula is C14H10N6. The number of nitriles is 1. The van der Waals surface area contributed by atoms with Crippen LogP contribution in [0.2, 0.25) is 0 Å². The SMILES string of the molecule is N#CC1=NCC=CC(c2n[nH]c(-c3ccncc3)n2)=C1. The lowest BCUT2D eigenvalue weighted by atomic mass is 10.2. The average molecular weight is 262 g/mol. The van der Waals surface area contributed by atoms with Gasteiger partial charge in [0.2, 0.25) is 0 Å². The number of nitrogens with zero attached hydrogens (tertiary/aromatic N) is 5. The minimum Gasteiger partial charge on any atom is -0.270 e. The summed E-state index contributed by atoms with van der Waals surface area (Å²) < 4.78 is 0. The minimum absolute atomic E-state index is 0.375. The number of aliphatic imine (C=N–C) groups is 1. The number of aromatic nitrogens is 4. The van der Waals surface area contributed by atoms with Crippen LogP contribution < -0.4 is 0 Å². The predicted molar refractivity (Wildman–Crippen MR) is 74.6 cm³/mol. The Hall–Kier alpha value is -3.07. The first-order valence-electron chi connectivity index (χ1n) is 6.03. The summed E-state index contributed by atoms with van der Waals surface area (Å²) in [4.78, 5) is 12.5. The summed E-state index contributed by atoms with van der Waals surface area (Å²) >= 11 is 0. The molecule has 0 unspecified atom stereocenters. The Balaban J connectivity index is 1.97. The topological polar surface area (TPSA) is 90.6 Å². The third kappa shape index (κ3) is 2.37. The third-order valence-electron chi connectivity index (χ3n) is 2.77. The molecule has 2 aromatic rings. The van der Waals surface area contributed by atoms with E-state index in [0.29, 0.717) is 23.9 Å². The van der Waals surface area contributed by atoms with E-state index in [2.05, 4.69) is 25.2 Å². The van der Waals surface area contributed by atoms with Crippen molar-refractivity contribution in [1.29, 1.82) is 5.26 Å². The van der Waals surface area contributed by atoms with Crippen LogP contribution in [0.3, 0.4) is 0 Å². The summed E-state index contributed by atoms with van der Waals surface area (Å²) in [6.07, 6.45) is 8.82. The molecule has 1 N–H and O–H groups in total. The van der Waals surface area contributed by atoms with E-state index < -0.39 is 0 Å². The van der Waals surface area contributed by atoms with E-state index in [1.165, 1.54) is 0 Å². The van der Waals surface area contributed by atoms with Gasteiger partial charge in [0, 0.05) is 23.5 Å². The first kappa shape index (κ1) is 12.0. The Bertz CT molecular complexity index is 745. The molecule has 20 heavy (non-hydrogen) atoms. The summed E-state index contributed by atoms with van der Waals surface area (Å²) in [5.74, 6) is 1.20. The Morgan fingerprint density at radius 2 is 2.10 bits per heavy atom. The van der Waals surface area contributed by atoms with E-state index in [1.54, 1.807) is 18.5 Å². The number of H-pyrrole nitrogens is 1. The molecule has 96 valence electrons. The highest BCUT2D eigenvalue weighted by Gasteiger charge is 2.10. The average Bonchev–Trinajstić information content (AvgIpc) is 2.87. The van der Waals surface area contributed by atoms with Crippen LogP contribution in [-0.2, 0) is 0 Å². The van der Waals surface area contributed by atoms with Crippen LogP contribution in [0.4, 0.5) is 0 Å². The van der Waals surface area contributed by atoms with Gasteiger partial charge in [-0.1, -0.05) is 12.2 Å². The maximum atomic E-state index is 8.96. The highest BCUT2D eigenvalue weighted by molar-refractivity contribution is 6.12. The van der Waals surface area contributed by atoms with Crippen molar-refractivity contribution in [2.24, 2.45) is 4.99 Å². The summed E-state index contributed by atoms with van der Waals surface area (Å²) in [5.41, 5.74) is 2.05. The van der Waals surface area contributed by atoms with Gasteiger partial charge in [0.25, 0.3) is 0 Å². The lowest BCUT2D eigenvalue weighted by Crippen LogP contribution is -1.91. The zero-order valence-electron chi connectivity index (χ0n) is 10.5. The van der Waals surface area contributed by atoms with Gasteiger partial charge in [0.15, 0.2) is 11.6 Å². The second kappa shape index (κ2) is 5.28. The fourth-order valence-corrected chi connectivity index (χ4v) is 1.81. The summed E-state index contributed by atoms with van der Waals surface area (Å²) in [6, 6.07) is 5.74. The van der Waals surface area contributed by atoms with Gasteiger partial charge in [-0.15, -0.1) is 0 Å². The van der Waals surface area contributed by atoms with E-state index in [1.807, 2.05) is 30.4 Å². The largest absolute Gasteiger partial charge is 0.270 e. The molecular weight excluding hydrogens is 252 g/mol. The molecule has 2 aromatic heterocycles. The van der Waals surface area contributed by atoms with E-state index in [4.69, 9.17) is 5.26 Å². The molecule has 0 saturated heterocycles. The zero-order chi connectivity index (χ0) is 13.8. The molecule has 0 aliphatic carbocycles. The standard InChI is InChI=1S/C14H10N6/c15-9-12-8-11(2-1-5-17-12)14-18-13(19-20-14)10-3-6-16-7-4-10/h1-4,6-8H,5H2,(H,18,19,20). The summed E-state index contributed by atoms with van der Waals surface area (Å²) in [5, 5.41) is 16.0. The summed E-state index contributed by atoms with van der Waals surface area (Å²) in [7, 11) is 0. The molecule has 1 aliphatic rings. The normalized spacial score (nSPS) is 14.2. The second-order valence-corrected chi connectivity index (χ2v) is 4.08. The van der Waals surface area contributed by atoms with Crippen LogP contribution in [0.1, 0.15) is 5.82 Å². The molecule has 6 nitrogen and oxygen atoms in total. The molecule has 6 heteroatoms. The van der Waals surface area contributed by atoms with Gasteiger partial charge in [0.1, 0.15) is 11.8 Å². The molecule has 0 fully saturated rings. The van der Waals surface area contributed by atoms with Crippen LogP contribution >= 0.6 is 0 Å². The van der Waals surface area contributed by atoms with Gasteiger partial charge in [-0.3, -0.25) is 15.1 Å². The highest BCUT2D eigenvalue weighted by atomic mass is 15.2. The van der Waals surface area contributed by atoms with Crippen LogP contribution in [-0.4, -0.2) is 32.4 Å². The number of aromatic amines is 1. The Morgan fingerprint density at radius 1 is 1.25 bits per heavy atom. The highest BCUT2D eigenvalue weighted by Crippen LogP contribution is 2.18. The molecule has 0 saturated carbocycles. The van der Waals surface area contributed by atoms with Crippen molar-refractivity contribution in [2.75, 3.05) is 6.54 Å². The molecule has 1 aliphatic heterocycles. The van der Waals surface area contributed by atoms with Crippen molar-refractivity contribution in [2.45, 2.75) is 0 Å². The second-order valence-electron chi connectivity index (χ2n) is 4.08. The maximum absolute atomic E-state index is 8.96. The van der Waals surface area contributed by atoms with E-state index in [9.17, 15) is 0 Å². The predicted octanol–water partition coefficient (Wildman–Crippen LogP) is 1.78. The van der Waals surface area contributed by atoms with Crippen molar-refractivity contribution in [3.8, 4) is 17.5 Å². The van der Waals surface area contributed by atoms with Crippen molar-refractivity contribution in [1.82, 2.24) is 20.2 Å². The zero-order valence-corrected chi connectivity index (χ0v) is 10.5. The fourth-order valence-electron chi connectivity index (χ4n) is 1.81. The lowest BCUT2D eigenvalue weighted by molar-refractivity contribution is 1.08. The first-order chi connectivity index (χ1) is 9.86. The van der Waals surface area contributed by atoms with Gasteiger partial charge >= 0.3 is 0 Å². The van der Waals surface area contributed by atoms with Crippen LogP contribution in [0.25, 0.3) is 17.0 Å². The number of nitrogens with one attached hydrogen (secondary N) is 1. The smallest absolute Gasteiger partial charge is 0.181 e. The number of hydrogen-bond acceptors (Lipinski definition) is 5. The van der Waals surface area contributed by atoms with Crippen molar-refractivity contribution < 1.29 is 0 Å². The number of hydrogen-bond donors (Lipinski definition) is 1. The Labute approximate surface area is 115 Å². The van der Waals surface area contributed by atoms with Gasteiger partial charge in [0.05, 0.1) is 6.54 Å². The molecule has 0 spiro atoms. The van der Waals surface area contributed by atoms with Crippen LogP contribution in [0, 0.1) is 11.3 Å². The van der Waals surface area contributed by atoms with Gasteiger partial charge in [-0.25, -0.2) is 4.98 Å². The van der Waals surface area contributed by atoms with Crippen LogP contribution in [0.15, 0.2) is 47.7 Å². The third-order valence-corrected chi connectivity index (χ3v) is 2.77. The molecule has 3 rings (SSSR count). The van der Waals surface area contributed by atoms with E-state index in [-0.39, 0.29) is 0 Å². The number of rotatable bonds is 2. The van der Waals surface area contributed by atoms with Gasteiger partial charge in [-0.2, -0.15) is 10.4 Å². The Morgan fingerprint density at radius 3 is 2.90 bits per heavy atom. The number of pyridine rings is 1. The van der Waals surface area contributed by atoms with Crippen molar-refractivity contribution in [3.05, 3.63) is 48.6 Å². The molecule has 3 heterocycles. The molecule has 0 radical (unpaired) electrons. The monoisotopic (exact) mass is 262 g/mol. The van der Waals surface area contributed by atoms with Gasteiger partial charge < -0.3 is 0 Å². The quantitative estimate of drug-likeness (QED) is 0.893. The summed E-state index contributed by atoms with van der Waals surface area (Å²) in [6.45, 7) is 0.491. The van der Waals surface area contributed by atoms with Crippen LogP contribution in [0.5, 0.6) is 0 Å². The van der Waals surface area contributed by atoms with E-state index >= 15 is 0 Å². The minimum atomic E-state index is 0.375. The van der Waals surface area contributed by atoms with Crippen molar-refractivity contribution >= 4 is 11.3 Å². The fraction of sp³-hybridized carbons (Fsp3) is 0.0714. The number of allylic oxidation sites excluding steroid dienone is 3. The maximum Gasteiger partial charge on any atom is 0.181 e. The first-order valence-corrected chi connectivity index (χ1v) is 6.03. The molecule has 0 amide bonds. The van der Waals surface area contributed by atoms with Crippen molar-refractivity contribution in [3.63, 3.8) is 0 Å². The molecule has 0 atom stereocenters. The lowest BCUT2D eigenvalue weighted by Gasteiger charge is -1.94. The van der Waals surface area contributed by atoms with E-state index in [0.717, 1.165) is 11.1 Å². The molecule has 0 aromatic carbocycles.